The molecule has 0 saturated carbocycles. The Hall–Kier alpha value is -3.44. The molecule has 1 aromatic heterocycles. The van der Waals surface area contributed by atoms with Crippen LogP contribution < -0.4 is 9.64 Å². The van der Waals surface area contributed by atoms with Gasteiger partial charge in [-0.2, -0.15) is 26.3 Å². The maximum atomic E-state index is 13.5. The van der Waals surface area contributed by atoms with Gasteiger partial charge in [0, 0.05) is 18.8 Å². The molecule has 0 atom stereocenters. The van der Waals surface area contributed by atoms with Crippen LogP contribution in [0.25, 0.3) is 0 Å². The van der Waals surface area contributed by atoms with Crippen LogP contribution in [0.4, 0.5) is 46.6 Å². The Bertz CT molecular complexity index is 1100. The first-order valence-electron chi connectivity index (χ1n) is 8.33. The van der Waals surface area contributed by atoms with Gasteiger partial charge in [0.15, 0.2) is 0 Å². The van der Waals surface area contributed by atoms with Crippen LogP contribution in [0.3, 0.4) is 0 Å². The highest BCUT2D eigenvalue weighted by Crippen LogP contribution is 2.36. The smallest absolute Gasteiger partial charge is 0.419 e. The number of alkyl halides is 6. The highest BCUT2D eigenvalue weighted by atomic mass is 19.4. The summed E-state index contributed by atoms with van der Waals surface area (Å²) in [5.74, 6) is -3.56. The zero-order valence-corrected chi connectivity index (χ0v) is 15.4. The third kappa shape index (κ3) is 5.01. The SMILES string of the molecule is CN(c1ccc(F)c(C(F)(F)F)c1)c1cc(Oc2ccc(F)c(C(F)(F)F)c2)ncn1. The van der Waals surface area contributed by atoms with E-state index in [0.29, 0.717) is 24.3 Å². The number of halogens is 8. The largest absolute Gasteiger partial charge is 0.439 e. The van der Waals surface area contributed by atoms with E-state index in [9.17, 15) is 35.1 Å². The van der Waals surface area contributed by atoms with Crippen LogP contribution in [0.1, 0.15) is 11.1 Å². The summed E-state index contributed by atoms with van der Waals surface area (Å²) in [7, 11) is 1.33. The first-order chi connectivity index (χ1) is 14.4. The minimum Gasteiger partial charge on any atom is -0.439 e. The summed E-state index contributed by atoms with van der Waals surface area (Å²) in [6.07, 6.45) is -8.90. The van der Waals surface area contributed by atoms with Crippen molar-refractivity contribution < 1.29 is 39.9 Å². The molecule has 0 aliphatic carbocycles. The summed E-state index contributed by atoms with van der Waals surface area (Å²) in [6.45, 7) is 0. The lowest BCUT2D eigenvalue weighted by atomic mass is 10.1. The van der Waals surface area contributed by atoms with E-state index in [1.807, 2.05) is 0 Å². The van der Waals surface area contributed by atoms with Crippen molar-refractivity contribution in [3.8, 4) is 11.6 Å². The van der Waals surface area contributed by atoms with Crippen LogP contribution >= 0.6 is 0 Å². The van der Waals surface area contributed by atoms with E-state index in [4.69, 9.17) is 4.74 Å². The van der Waals surface area contributed by atoms with Gasteiger partial charge in [0.25, 0.3) is 0 Å². The molecule has 31 heavy (non-hydrogen) atoms. The number of benzene rings is 2. The second kappa shape index (κ2) is 8.00. The van der Waals surface area contributed by atoms with Gasteiger partial charge >= 0.3 is 12.4 Å². The standard InChI is InChI=1S/C19H11F8N3O/c1-30(10-2-4-14(20)12(6-10)18(22,23)24)16-8-17(29-9-28-16)31-11-3-5-15(21)13(7-11)19(25,26)27/h2-9H,1H3. The molecule has 164 valence electrons. The third-order valence-electron chi connectivity index (χ3n) is 4.08. The van der Waals surface area contributed by atoms with Crippen molar-refractivity contribution in [3.63, 3.8) is 0 Å². The molecule has 0 N–H and O–H groups in total. The predicted octanol–water partition coefficient (Wildman–Crippen LogP) is 6.35. The quantitative estimate of drug-likeness (QED) is 0.435. The van der Waals surface area contributed by atoms with Crippen molar-refractivity contribution in [1.82, 2.24) is 9.97 Å². The molecule has 0 amide bonds. The molecule has 1 heterocycles. The predicted molar refractivity (Wildman–Crippen MR) is 93.0 cm³/mol. The fourth-order valence-electron chi connectivity index (χ4n) is 2.55. The Morgan fingerprint density at radius 2 is 1.35 bits per heavy atom. The Morgan fingerprint density at radius 3 is 1.97 bits per heavy atom. The van der Waals surface area contributed by atoms with Crippen LogP contribution in [-0.4, -0.2) is 17.0 Å². The van der Waals surface area contributed by atoms with Gasteiger partial charge in [-0.3, -0.25) is 0 Å². The van der Waals surface area contributed by atoms with E-state index >= 15 is 0 Å². The van der Waals surface area contributed by atoms with E-state index in [2.05, 4.69) is 9.97 Å². The fourth-order valence-corrected chi connectivity index (χ4v) is 2.55. The molecule has 0 aliphatic heterocycles. The Balaban J connectivity index is 1.89. The molecular weight excluding hydrogens is 438 g/mol. The Kier molecular flexibility index (Phi) is 5.74. The number of hydrogen-bond acceptors (Lipinski definition) is 4. The second-order valence-corrected chi connectivity index (χ2v) is 6.18. The van der Waals surface area contributed by atoms with Crippen LogP contribution in [-0.2, 0) is 12.4 Å². The number of ether oxygens (including phenoxy) is 1. The van der Waals surface area contributed by atoms with Gasteiger partial charge < -0.3 is 9.64 Å². The van der Waals surface area contributed by atoms with Gasteiger partial charge in [-0.05, 0) is 36.4 Å². The number of nitrogens with zero attached hydrogens (tertiary/aromatic N) is 3. The lowest BCUT2D eigenvalue weighted by Gasteiger charge is -2.20. The fraction of sp³-hybridized carbons (Fsp3) is 0.158. The number of anilines is 2. The molecular formula is C19H11F8N3O. The highest BCUT2D eigenvalue weighted by molar-refractivity contribution is 5.61. The maximum absolute atomic E-state index is 13.5. The van der Waals surface area contributed by atoms with Gasteiger partial charge in [-0.1, -0.05) is 0 Å². The summed E-state index contributed by atoms with van der Waals surface area (Å²) in [6, 6.07) is 5.40. The van der Waals surface area contributed by atoms with Crippen molar-refractivity contribution in [1.29, 1.82) is 0 Å². The number of hydrogen-bond donors (Lipinski definition) is 0. The first kappa shape index (κ1) is 22.2. The van der Waals surface area contributed by atoms with Crippen molar-refractivity contribution in [3.05, 3.63) is 71.6 Å². The molecule has 12 heteroatoms. The van der Waals surface area contributed by atoms with Crippen LogP contribution in [0.2, 0.25) is 0 Å². The molecule has 0 radical (unpaired) electrons. The summed E-state index contributed by atoms with van der Waals surface area (Å²) in [5.41, 5.74) is -3.09. The molecule has 0 fully saturated rings. The zero-order valence-electron chi connectivity index (χ0n) is 15.4. The number of aromatic nitrogens is 2. The van der Waals surface area contributed by atoms with Crippen molar-refractivity contribution in [2.45, 2.75) is 12.4 Å². The van der Waals surface area contributed by atoms with Crippen LogP contribution in [0, 0.1) is 11.6 Å². The van der Waals surface area contributed by atoms with E-state index in [-0.39, 0.29) is 23.1 Å². The summed E-state index contributed by atoms with van der Waals surface area (Å²) < 4.78 is 109. The van der Waals surface area contributed by atoms with Gasteiger partial charge in [0.1, 0.15) is 29.5 Å². The van der Waals surface area contributed by atoms with E-state index in [1.54, 1.807) is 0 Å². The molecule has 3 aromatic rings. The average Bonchev–Trinajstić information content (AvgIpc) is 2.68. The van der Waals surface area contributed by atoms with Gasteiger partial charge in [-0.25, -0.2) is 18.7 Å². The van der Waals surface area contributed by atoms with Gasteiger partial charge in [0.2, 0.25) is 5.88 Å². The van der Waals surface area contributed by atoms with E-state index in [1.165, 1.54) is 7.05 Å². The summed E-state index contributed by atoms with van der Waals surface area (Å²) in [4.78, 5) is 8.75. The summed E-state index contributed by atoms with van der Waals surface area (Å²) >= 11 is 0. The minimum atomic E-state index is -4.95. The monoisotopic (exact) mass is 449 g/mol. The normalized spacial score (nSPS) is 12.0. The van der Waals surface area contributed by atoms with Gasteiger partial charge in [0.05, 0.1) is 11.1 Å². The van der Waals surface area contributed by atoms with E-state index < -0.39 is 35.1 Å². The zero-order chi connectivity index (χ0) is 23.0. The number of rotatable bonds is 4. The average molecular weight is 449 g/mol. The molecule has 2 aromatic carbocycles. The molecule has 0 saturated heterocycles. The molecule has 4 nitrogen and oxygen atoms in total. The lowest BCUT2D eigenvalue weighted by molar-refractivity contribution is -0.140. The van der Waals surface area contributed by atoms with Crippen molar-refractivity contribution >= 4 is 11.5 Å². The second-order valence-electron chi connectivity index (χ2n) is 6.18. The summed E-state index contributed by atoms with van der Waals surface area (Å²) in [5, 5.41) is 0. The topological polar surface area (TPSA) is 38.2 Å². The Morgan fingerprint density at radius 1 is 0.774 bits per heavy atom. The molecule has 0 unspecified atom stereocenters. The van der Waals surface area contributed by atoms with Gasteiger partial charge in [-0.15, -0.1) is 0 Å². The Labute approximate surface area is 169 Å². The third-order valence-corrected chi connectivity index (χ3v) is 4.08. The van der Waals surface area contributed by atoms with Crippen molar-refractivity contribution in [2.24, 2.45) is 0 Å². The highest BCUT2D eigenvalue weighted by Gasteiger charge is 2.35. The minimum absolute atomic E-state index is 0.00268. The van der Waals surface area contributed by atoms with Crippen molar-refractivity contribution in [2.75, 3.05) is 11.9 Å². The van der Waals surface area contributed by atoms with Crippen LogP contribution in [0.5, 0.6) is 11.6 Å². The van der Waals surface area contributed by atoms with Crippen LogP contribution in [0.15, 0.2) is 48.8 Å². The molecule has 3 rings (SSSR count). The molecule has 0 aliphatic rings. The lowest BCUT2D eigenvalue weighted by Crippen LogP contribution is -2.14. The molecule has 0 spiro atoms. The first-order valence-corrected chi connectivity index (χ1v) is 8.33. The van der Waals surface area contributed by atoms with E-state index in [0.717, 1.165) is 29.4 Å². The maximum Gasteiger partial charge on any atom is 0.419 e. The molecule has 0 bridgehead atoms.